The van der Waals surface area contributed by atoms with Gasteiger partial charge in [-0.25, -0.2) is 0 Å². The summed E-state index contributed by atoms with van der Waals surface area (Å²) in [5.74, 6) is 0.0149. The lowest BCUT2D eigenvalue weighted by atomic mass is 9.73. The van der Waals surface area contributed by atoms with E-state index in [1.165, 1.54) is 0 Å². The van der Waals surface area contributed by atoms with Crippen molar-refractivity contribution in [2.45, 2.75) is 24.4 Å². The van der Waals surface area contributed by atoms with Crippen LogP contribution in [0.15, 0.2) is 54.6 Å². The number of halogens is 1. The third-order valence-electron chi connectivity index (χ3n) is 5.09. The lowest BCUT2D eigenvalue weighted by Gasteiger charge is -2.36. The number of rotatable bonds is 6. The van der Waals surface area contributed by atoms with Gasteiger partial charge in [0.1, 0.15) is 6.10 Å². The summed E-state index contributed by atoms with van der Waals surface area (Å²) < 4.78 is 11.1. The maximum Gasteiger partial charge on any atom is 0.230 e. The summed E-state index contributed by atoms with van der Waals surface area (Å²) in [4.78, 5) is 13.2. The molecule has 1 aliphatic rings. The highest BCUT2D eigenvalue weighted by atomic mass is 35.5. The first kappa shape index (κ1) is 18.9. The highest BCUT2D eigenvalue weighted by Crippen LogP contribution is 2.35. The van der Waals surface area contributed by atoms with Crippen molar-refractivity contribution in [3.05, 3.63) is 70.7 Å². The van der Waals surface area contributed by atoms with Crippen molar-refractivity contribution in [1.82, 2.24) is 5.32 Å². The second-order valence-electron chi connectivity index (χ2n) is 6.52. The molecule has 2 aromatic carbocycles. The second kappa shape index (κ2) is 8.67. The van der Waals surface area contributed by atoms with E-state index >= 15 is 0 Å². The Labute approximate surface area is 159 Å². The summed E-state index contributed by atoms with van der Waals surface area (Å²) in [5, 5.41) is 3.73. The zero-order valence-electron chi connectivity index (χ0n) is 14.9. The van der Waals surface area contributed by atoms with Crippen molar-refractivity contribution < 1.29 is 14.3 Å². The Kier molecular flexibility index (Phi) is 6.30. The Hall–Kier alpha value is -1.88. The van der Waals surface area contributed by atoms with Gasteiger partial charge >= 0.3 is 0 Å². The molecule has 1 atom stereocenters. The lowest BCUT2D eigenvalue weighted by molar-refractivity contribution is -0.131. The first-order valence-corrected chi connectivity index (χ1v) is 9.24. The van der Waals surface area contributed by atoms with E-state index in [0.29, 0.717) is 37.6 Å². The molecule has 2 aromatic rings. The van der Waals surface area contributed by atoms with E-state index in [1.807, 2.05) is 54.6 Å². The zero-order chi connectivity index (χ0) is 18.4. The normalized spacial score (nSPS) is 17.5. The SMILES string of the molecule is COC(CNC(=O)C1(c2ccccc2)CCOCC1)c1ccccc1Cl. The molecule has 5 heteroatoms. The van der Waals surface area contributed by atoms with Gasteiger partial charge in [-0.05, 0) is 24.5 Å². The van der Waals surface area contributed by atoms with Crippen molar-refractivity contribution in [3.63, 3.8) is 0 Å². The van der Waals surface area contributed by atoms with Gasteiger partial charge in [-0.3, -0.25) is 4.79 Å². The molecule has 1 fully saturated rings. The number of methoxy groups -OCH3 is 1. The summed E-state index contributed by atoms with van der Waals surface area (Å²) in [6.07, 6.45) is 1.06. The van der Waals surface area contributed by atoms with Gasteiger partial charge < -0.3 is 14.8 Å². The highest BCUT2D eigenvalue weighted by molar-refractivity contribution is 6.31. The van der Waals surface area contributed by atoms with Crippen LogP contribution in [0.4, 0.5) is 0 Å². The molecule has 0 bridgehead atoms. The molecule has 0 radical (unpaired) electrons. The van der Waals surface area contributed by atoms with E-state index in [4.69, 9.17) is 21.1 Å². The van der Waals surface area contributed by atoms with Crippen molar-refractivity contribution in [3.8, 4) is 0 Å². The van der Waals surface area contributed by atoms with E-state index in [0.717, 1.165) is 11.1 Å². The third kappa shape index (κ3) is 3.93. The average Bonchev–Trinajstić information content (AvgIpc) is 2.70. The van der Waals surface area contributed by atoms with Crippen LogP contribution in [-0.4, -0.2) is 32.8 Å². The molecule has 138 valence electrons. The van der Waals surface area contributed by atoms with Crippen LogP contribution in [0.3, 0.4) is 0 Å². The van der Waals surface area contributed by atoms with Crippen molar-refractivity contribution in [1.29, 1.82) is 0 Å². The minimum Gasteiger partial charge on any atom is -0.381 e. The molecule has 4 nitrogen and oxygen atoms in total. The molecule has 1 heterocycles. The number of nitrogens with one attached hydrogen (secondary N) is 1. The second-order valence-corrected chi connectivity index (χ2v) is 6.92. The van der Waals surface area contributed by atoms with Crippen LogP contribution in [0.5, 0.6) is 0 Å². The fourth-order valence-corrected chi connectivity index (χ4v) is 3.79. The monoisotopic (exact) mass is 373 g/mol. The molecule has 1 amide bonds. The first-order chi connectivity index (χ1) is 12.7. The van der Waals surface area contributed by atoms with Crippen LogP contribution in [0.2, 0.25) is 5.02 Å². The molecule has 1 N–H and O–H groups in total. The van der Waals surface area contributed by atoms with Gasteiger partial charge in [-0.15, -0.1) is 0 Å². The number of benzene rings is 2. The smallest absolute Gasteiger partial charge is 0.230 e. The number of amides is 1. The quantitative estimate of drug-likeness (QED) is 0.835. The fourth-order valence-electron chi connectivity index (χ4n) is 3.53. The predicted molar refractivity (Wildman–Crippen MR) is 102 cm³/mol. The highest BCUT2D eigenvalue weighted by Gasteiger charge is 2.41. The summed E-state index contributed by atoms with van der Waals surface area (Å²) >= 11 is 6.28. The molecular formula is C21H24ClNO3. The molecule has 1 aliphatic heterocycles. The average molecular weight is 374 g/mol. The Morgan fingerprint density at radius 1 is 1.15 bits per heavy atom. The molecule has 0 saturated carbocycles. The molecule has 0 aliphatic carbocycles. The van der Waals surface area contributed by atoms with E-state index in [2.05, 4.69) is 5.32 Å². The standard InChI is InChI=1S/C21H24ClNO3/c1-25-19(17-9-5-6-10-18(17)22)15-23-20(24)21(11-13-26-14-12-21)16-7-3-2-4-8-16/h2-10,19H,11-15H2,1H3,(H,23,24). The van der Waals surface area contributed by atoms with Gasteiger partial charge in [0.15, 0.2) is 0 Å². The van der Waals surface area contributed by atoms with E-state index in [1.54, 1.807) is 7.11 Å². The van der Waals surface area contributed by atoms with Crippen LogP contribution in [0.25, 0.3) is 0 Å². The summed E-state index contributed by atoms with van der Waals surface area (Å²) in [5.41, 5.74) is 1.35. The maximum absolute atomic E-state index is 13.2. The summed E-state index contributed by atoms with van der Waals surface area (Å²) in [7, 11) is 1.63. The van der Waals surface area contributed by atoms with Gasteiger partial charge in [-0.2, -0.15) is 0 Å². The van der Waals surface area contributed by atoms with Crippen molar-refractivity contribution >= 4 is 17.5 Å². The topological polar surface area (TPSA) is 47.6 Å². The maximum atomic E-state index is 13.2. The van der Waals surface area contributed by atoms with Crippen LogP contribution >= 0.6 is 11.6 Å². The van der Waals surface area contributed by atoms with Gasteiger partial charge in [0.25, 0.3) is 0 Å². The Balaban J connectivity index is 1.77. The minimum absolute atomic E-state index is 0.0149. The lowest BCUT2D eigenvalue weighted by Crippen LogP contribution is -2.49. The molecule has 1 unspecified atom stereocenters. The van der Waals surface area contributed by atoms with Crippen molar-refractivity contribution in [2.75, 3.05) is 26.9 Å². The largest absolute Gasteiger partial charge is 0.381 e. The number of ether oxygens (including phenoxy) is 2. The minimum atomic E-state index is -0.557. The van der Waals surface area contributed by atoms with Crippen LogP contribution < -0.4 is 5.32 Å². The number of hydrogen-bond acceptors (Lipinski definition) is 3. The number of hydrogen-bond donors (Lipinski definition) is 1. The molecule has 1 saturated heterocycles. The molecule has 0 spiro atoms. The van der Waals surface area contributed by atoms with Gasteiger partial charge in [0.05, 0.1) is 5.41 Å². The number of carbonyl (C=O) groups excluding carboxylic acids is 1. The van der Waals surface area contributed by atoms with Gasteiger partial charge in [0, 0.05) is 37.5 Å². The zero-order valence-corrected chi connectivity index (χ0v) is 15.7. The Bertz CT molecular complexity index is 729. The summed E-state index contributed by atoms with van der Waals surface area (Å²) in [6.45, 7) is 1.54. The first-order valence-electron chi connectivity index (χ1n) is 8.86. The molecule has 0 aromatic heterocycles. The molecule has 26 heavy (non-hydrogen) atoms. The van der Waals surface area contributed by atoms with E-state index in [-0.39, 0.29) is 12.0 Å². The van der Waals surface area contributed by atoms with E-state index in [9.17, 15) is 4.79 Å². The van der Waals surface area contributed by atoms with Crippen LogP contribution in [0.1, 0.15) is 30.1 Å². The number of carbonyl (C=O) groups is 1. The molecular weight excluding hydrogens is 350 g/mol. The van der Waals surface area contributed by atoms with Crippen LogP contribution in [-0.2, 0) is 19.7 Å². The fraction of sp³-hybridized carbons (Fsp3) is 0.381. The summed E-state index contributed by atoms with van der Waals surface area (Å²) in [6, 6.07) is 17.5. The third-order valence-corrected chi connectivity index (χ3v) is 5.44. The van der Waals surface area contributed by atoms with Crippen LogP contribution in [0, 0.1) is 0 Å². The Morgan fingerprint density at radius 3 is 2.46 bits per heavy atom. The Morgan fingerprint density at radius 2 is 1.81 bits per heavy atom. The van der Waals surface area contributed by atoms with E-state index < -0.39 is 5.41 Å². The van der Waals surface area contributed by atoms with Gasteiger partial charge in [0.2, 0.25) is 5.91 Å². The molecule has 3 rings (SSSR count). The van der Waals surface area contributed by atoms with Crippen molar-refractivity contribution in [2.24, 2.45) is 0 Å². The van der Waals surface area contributed by atoms with Gasteiger partial charge in [-0.1, -0.05) is 60.1 Å². The predicted octanol–water partition coefficient (Wildman–Crippen LogP) is 3.89.